The van der Waals surface area contributed by atoms with Crippen LogP contribution in [-0.4, -0.2) is 37.8 Å². The number of sulfonamides is 1. The lowest BCUT2D eigenvalue weighted by Crippen LogP contribution is -2.46. The van der Waals surface area contributed by atoms with Crippen LogP contribution < -0.4 is 5.32 Å². The molecule has 144 valence electrons. The standard InChI is InChI=1S/C19H27ClN2O3S/c1-14-3-2-4-17(13-14)21-19(23)15-9-11-22(12-10-15)26(24,25)18-7-5-16(20)6-8-18/h5-8,14-15,17H,2-4,9-13H2,1H3,(H,21,23). The molecule has 2 unspecified atom stereocenters. The van der Waals surface area contributed by atoms with Gasteiger partial charge in [0.1, 0.15) is 0 Å². The predicted octanol–water partition coefficient (Wildman–Crippen LogP) is 3.44. The van der Waals surface area contributed by atoms with Crippen molar-refractivity contribution < 1.29 is 13.2 Å². The highest BCUT2D eigenvalue weighted by Crippen LogP contribution is 2.27. The first kappa shape index (κ1) is 19.6. The minimum Gasteiger partial charge on any atom is -0.353 e. The molecular weight excluding hydrogens is 372 g/mol. The minimum atomic E-state index is -3.52. The summed E-state index contributed by atoms with van der Waals surface area (Å²) in [6, 6.07) is 6.50. The van der Waals surface area contributed by atoms with Gasteiger partial charge in [0.25, 0.3) is 0 Å². The van der Waals surface area contributed by atoms with Crippen LogP contribution in [0, 0.1) is 11.8 Å². The summed E-state index contributed by atoms with van der Waals surface area (Å²) in [6.45, 7) is 2.99. The zero-order valence-corrected chi connectivity index (χ0v) is 16.7. The van der Waals surface area contributed by atoms with Gasteiger partial charge in [-0.2, -0.15) is 4.31 Å². The molecule has 0 aromatic heterocycles. The summed E-state index contributed by atoms with van der Waals surface area (Å²) in [6.07, 6.45) is 5.66. The van der Waals surface area contributed by atoms with Gasteiger partial charge in [-0.05, 0) is 55.9 Å². The number of piperidine rings is 1. The fraction of sp³-hybridized carbons (Fsp3) is 0.632. The van der Waals surface area contributed by atoms with E-state index in [-0.39, 0.29) is 22.8 Å². The summed E-state index contributed by atoms with van der Waals surface area (Å²) in [5, 5.41) is 3.70. The molecule has 2 atom stereocenters. The average Bonchev–Trinajstić information content (AvgIpc) is 2.62. The number of amides is 1. The second-order valence-electron chi connectivity index (χ2n) is 7.61. The third-order valence-electron chi connectivity index (χ3n) is 5.56. The molecule has 1 aromatic carbocycles. The third-order valence-corrected chi connectivity index (χ3v) is 7.72. The van der Waals surface area contributed by atoms with Crippen molar-refractivity contribution in [2.45, 2.75) is 56.4 Å². The molecule has 1 saturated carbocycles. The van der Waals surface area contributed by atoms with E-state index >= 15 is 0 Å². The highest BCUT2D eigenvalue weighted by molar-refractivity contribution is 7.89. The summed E-state index contributed by atoms with van der Waals surface area (Å²) in [5.74, 6) is 0.664. The zero-order valence-electron chi connectivity index (χ0n) is 15.2. The number of benzene rings is 1. The molecule has 0 bridgehead atoms. The maximum atomic E-state index is 12.7. The molecule has 0 spiro atoms. The normalized spacial score (nSPS) is 25.8. The van der Waals surface area contributed by atoms with Crippen molar-refractivity contribution in [1.82, 2.24) is 9.62 Å². The molecule has 3 rings (SSSR count). The molecule has 0 radical (unpaired) electrons. The first-order valence-electron chi connectivity index (χ1n) is 9.42. The van der Waals surface area contributed by atoms with Crippen LogP contribution in [0.3, 0.4) is 0 Å². The number of carbonyl (C=O) groups excluding carboxylic acids is 1. The summed E-state index contributed by atoms with van der Waals surface area (Å²) < 4.78 is 26.9. The Hall–Kier alpha value is -1.11. The van der Waals surface area contributed by atoms with E-state index in [1.807, 2.05) is 0 Å². The lowest BCUT2D eigenvalue weighted by molar-refractivity contribution is -0.127. The van der Waals surface area contributed by atoms with E-state index in [1.165, 1.54) is 29.3 Å². The van der Waals surface area contributed by atoms with Gasteiger partial charge in [0.2, 0.25) is 15.9 Å². The number of carbonyl (C=O) groups is 1. The van der Waals surface area contributed by atoms with Crippen LogP contribution >= 0.6 is 11.6 Å². The first-order valence-corrected chi connectivity index (χ1v) is 11.2. The van der Waals surface area contributed by atoms with Crippen molar-refractivity contribution in [2.75, 3.05) is 13.1 Å². The van der Waals surface area contributed by atoms with Crippen molar-refractivity contribution in [2.24, 2.45) is 11.8 Å². The molecule has 1 saturated heterocycles. The van der Waals surface area contributed by atoms with Crippen LogP contribution in [-0.2, 0) is 14.8 Å². The highest BCUT2D eigenvalue weighted by atomic mass is 35.5. The Morgan fingerprint density at radius 2 is 1.77 bits per heavy atom. The lowest BCUT2D eigenvalue weighted by atomic mass is 9.86. The molecule has 1 aliphatic heterocycles. The van der Waals surface area contributed by atoms with Gasteiger partial charge in [-0.3, -0.25) is 4.79 Å². The summed E-state index contributed by atoms with van der Waals surface area (Å²) in [7, 11) is -3.52. The van der Waals surface area contributed by atoms with Crippen molar-refractivity contribution >= 4 is 27.5 Å². The molecule has 1 aliphatic carbocycles. The van der Waals surface area contributed by atoms with Gasteiger partial charge in [0, 0.05) is 30.1 Å². The number of hydrogen-bond acceptors (Lipinski definition) is 3. The molecule has 2 fully saturated rings. The van der Waals surface area contributed by atoms with Crippen LogP contribution in [0.2, 0.25) is 5.02 Å². The SMILES string of the molecule is CC1CCCC(NC(=O)C2CCN(S(=O)(=O)c3ccc(Cl)cc3)CC2)C1. The molecule has 1 amide bonds. The van der Waals surface area contributed by atoms with E-state index in [1.54, 1.807) is 12.1 Å². The number of nitrogens with one attached hydrogen (secondary N) is 1. The molecule has 7 heteroatoms. The largest absolute Gasteiger partial charge is 0.353 e. The van der Waals surface area contributed by atoms with Crippen LogP contribution in [0.4, 0.5) is 0 Å². The Labute approximate surface area is 161 Å². The third kappa shape index (κ3) is 4.59. The van der Waals surface area contributed by atoms with Gasteiger partial charge in [0.15, 0.2) is 0 Å². The van der Waals surface area contributed by atoms with Gasteiger partial charge < -0.3 is 5.32 Å². The average molecular weight is 399 g/mol. The molecule has 1 aromatic rings. The highest BCUT2D eigenvalue weighted by Gasteiger charge is 2.33. The molecule has 1 N–H and O–H groups in total. The Balaban J connectivity index is 1.55. The van der Waals surface area contributed by atoms with Crippen LogP contribution in [0.15, 0.2) is 29.2 Å². The first-order chi connectivity index (χ1) is 12.4. The van der Waals surface area contributed by atoms with Crippen molar-refractivity contribution in [3.63, 3.8) is 0 Å². The smallest absolute Gasteiger partial charge is 0.243 e. The van der Waals surface area contributed by atoms with E-state index in [0.717, 1.165) is 12.8 Å². The van der Waals surface area contributed by atoms with Gasteiger partial charge in [-0.15, -0.1) is 0 Å². The van der Waals surface area contributed by atoms with E-state index in [4.69, 9.17) is 11.6 Å². The maximum absolute atomic E-state index is 12.7. The Bertz CT molecular complexity index is 728. The van der Waals surface area contributed by atoms with E-state index < -0.39 is 10.0 Å². The van der Waals surface area contributed by atoms with Gasteiger partial charge in [-0.25, -0.2) is 8.42 Å². The van der Waals surface area contributed by atoms with E-state index in [9.17, 15) is 13.2 Å². The number of nitrogens with zero attached hydrogens (tertiary/aromatic N) is 1. The fourth-order valence-corrected chi connectivity index (χ4v) is 5.59. The summed E-state index contributed by atoms with van der Waals surface area (Å²) in [5.41, 5.74) is 0. The molecule has 5 nitrogen and oxygen atoms in total. The number of rotatable bonds is 4. The molecular formula is C19H27ClN2O3S. The van der Waals surface area contributed by atoms with Crippen molar-refractivity contribution in [3.8, 4) is 0 Å². The minimum absolute atomic E-state index is 0.0904. The number of halogens is 1. The second-order valence-corrected chi connectivity index (χ2v) is 9.98. The van der Waals surface area contributed by atoms with Gasteiger partial charge in [-0.1, -0.05) is 31.4 Å². The monoisotopic (exact) mass is 398 g/mol. The number of hydrogen-bond donors (Lipinski definition) is 1. The maximum Gasteiger partial charge on any atom is 0.243 e. The fourth-order valence-electron chi connectivity index (χ4n) is 4.00. The summed E-state index contributed by atoms with van der Waals surface area (Å²) >= 11 is 5.84. The van der Waals surface area contributed by atoms with Crippen molar-refractivity contribution in [1.29, 1.82) is 0 Å². The van der Waals surface area contributed by atoms with Crippen LogP contribution in [0.1, 0.15) is 45.4 Å². The Morgan fingerprint density at radius 3 is 2.38 bits per heavy atom. The van der Waals surface area contributed by atoms with Gasteiger partial charge in [0.05, 0.1) is 4.90 Å². The molecule has 1 heterocycles. The zero-order chi connectivity index (χ0) is 18.7. The van der Waals surface area contributed by atoms with E-state index in [2.05, 4.69) is 12.2 Å². The predicted molar refractivity (Wildman–Crippen MR) is 102 cm³/mol. The second kappa shape index (κ2) is 8.28. The van der Waals surface area contributed by atoms with Crippen molar-refractivity contribution in [3.05, 3.63) is 29.3 Å². The quantitative estimate of drug-likeness (QED) is 0.844. The molecule has 26 heavy (non-hydrogen) atoms. The van der Waals surface area contributed by atoms with Crippen LogP contribution in [0.5, 0.6) is 0 Å². The molecule has 2 aliphatic rings. The summed E-state index contributed by atoms with van der Waals surface area (Å²) in [4.78, 5) is 12.8. The lowest BCUT2D eigenvalue weighted by Gasteiger charge is -2.33. The van der Waals surface area contributed by atoms with Gasteiger partial charge >= 0.3 is 0 Å². The topological polar surface area (TPSA) is 66.5 Å². The van der Waals surface area contributed by atoms with Crippen LogP contribution in [0.25, 0.3) is 0 Å². The Morgan fingerprint density at radius 1 is 1.12 bits per heavy atom. The Kier molecular flexibility index (Phi) is 6.25. The van der Waals surface area contributed by atoms with E-state index in [0.29, 0.717) is 36.9 Å².